The van der Waals surface area contributed by atoms with Crippen LogP contribution in [-0.4, -0.2) is 5.71 Å². The molecule has 0 aliphatic carbocycles. The van der Waals surface area contributed by atoms with Crippen molar-refractivity contribution in [1.29, 1.82) is 0 Å². The smallest absolute Gasteiger partial charge is 0.0224 e. The van der Waals surface area contributed by atoms with Crippen LogP contribution in [0.3, 0.4) is 0 Å². The van der Waals surface area contributed by atoms with Crippen LogP contribution in [0.2, 0.25) is 0 Å². The van der Waals surface area contributed by atoms with Gasteiger partial charge in [-0.3, -0.25) is 4.99 Å². The number of hydrogen-bond donors (Lipinski definition) is 0. The number of hydrogen-bond acceptors (Lipinski definition) is 1. The van der Waals surface area contributed by atoms with Gasteiger partial charge in [-0.05, 0) is 26.2 Å². The minimum atomic E-state index is 0.635. The summed E-state index contributed by atoms with van der Waals surface area (Å²) in [5.41, 5.74) is 1.24. The van der Waals surface area contributed by atoms with Gasteiger partial charge >= 0.3 is 0 Å². The standard InChI is InChI=1S/C10H19N/c1-5-7-9(3)10(4)11-8-6-2/h6,8-9H,5,7H2,1-4H3/b8-6-,11-10?/t9-/m1/s1. The lowest BCUT2D eigenvalue weighted by molar-refractivity contribution is 0.664. The van der Waals surface area contributed by atoms with E-state index < -0.39 is 0 Å². The van der Waals surface area contributed by atoms with Crippen molar-refractivity contribution in [2.24, 2.45) is 10.9 Å². The van der Waals surface area contributed by atoms with Gasteiger partial charge in [-0.25, -0.2) is 0 Å². The fourth-order valence-corrected chi connectivity index (χ4v) is 0.961. The van der Waals surface area contributed by atoms with E-state index in [0.717, 1.165) is 0 Å². The van der Waals surface area contributed by atoms with Crippen LogP contribution in [-0.2, 0) is 0 Å². The van der Waals surface area contributed by atoms with Gasteiger partial charge in [-0.15, -0.1) is 0 Å². The van der Waals surface area contributed by atoms with E-state index >= 15 is 0 Å². The van der Waals surface area contributed by atoms with E-state index in [0.29, 0.717) is 5.92 Å². The molecule has 0 aromatic carbocycles. The zero-order valence-corrected chi connectivity index (χ0v) is 8.09. The maximum atomic E-state index is 4.30. The minimum absolute atomic E-state index is 0.635. The molecule has 1 atom stereocenters. The van der Waals surface area contributed by atoms with E-state index in [2.05, 4.69) is 25.8 Å². The molecule has 0 saturated carbocycles. The summed E-state index contributed by atoms with van der Waals surface area (Å²) < 4.78 is 0. The molecule has 0 aliphatic heterocycles. The Morgan fingerprint density at radius 3 is 2.64 bits per heavy atom. The third kappa shape index (κ3) is 4.77. The first-order valence-electron chi connectivity index (χ1n) is 4.37. The third-order valence-corrected chi connectivity index (χ3v) is 1.86. The minimum Gasteiger partial charge on any atom is -0.266 e. The molecule has 64 valence electrons. The monoisotopic (exact) mass is 153 g/mol. The zero-order chi connectivity index (χ0) is 8.69. The van der Waals surface area contributed by atoms with Crippen LogP contribution >= 0.6 is 0 Å². The molecule has 0 N–H and O–H groups in total. The van der Waals surface area contributed by atoms with E-state index in [1.807, 2.05) is 19.2 Å². The molecule has 0 bridgehead atoms. The second kappa shape index (κ2) is 6.14. The first kappa shape index (κ1) is 10.4. The fraction of sp³-hybridized carbons (Fsp3) is 0.700. The Labute approximate surface area is 70.2 Å². The highest BCUT2D eigenvalue weighted by atomic mass is 14.7. The normalized spacial score (nSPS) is 15.8. The molecule has 0 aromatic heterocycles. The van der Waals surface area contributed by atoms with Gasteiger partial charge in [-0.2, -0.15) is 0 Å². The highest BCUT2D eigenvalue weighted by Crippen LogP contribution is 2.07. The predicted molar refractivity (Wildman–Crippen MR) is 52.0 cm³/mol. The van der Waals surface area contributed by atoms with Gasteiger partial charge < -0.3 is 0 Å². The van der Waals surface area contributed by atoms with Crippen LogP contribution < -0.4 is 0 Å². The first-order valence-corrected chi connectivity index (χ1v) is 4.37. The molecule has 1 heteroatoms. The molecule has 0 amide bonds. The molecule has 0 aliphatic rings. The molecular weight excluding hydrogens is 134 g/mol. The molecule has 0 radical (unpaired) electrons. The van der Waals surface area contributed by atoms with Crippen LogP contribution in [0, 0.1) is 5.92 Å². The van der Waals surface area contributed by atoms with Crippen molar-refractivity contribution in [3.05, 3.63) is 12.3 Å². The maximum Gasteiger partial charge on any atom is 0.0224 e. The lowest BCUT2D eigenvalue weighted by Gasteiger charge is -2.07. The number of nitrogens with zero attached hydrogens (tertiary/aromatic N) is 1. The van der Waals surface area contributed by atoms with Crippen molar-refractivity contribution in [2.75, 3.05) is 0 Å². The van der Waals surface area contributed by atoms with Crippen LogP contribution in [0.4, 0.5) is 0 Å². The van der Waals surface area contributed by atoms with Gasteiger partial charge in [0.2, 0.25) is 0 Å². The maximum absolute atomic E-state index is 4.30. The number of rotatable bonds is 4. The Morgan fingerprint density at radius 1 is 1.55 bits per heavy atom. The topological polar surface area (TPSA) is 12.4 Å². The summed E-state index contributed by atoms with van der Waals surface area (Å²) in [5.74, 6) is 0.635. The average molecular weight is 153 g/mol. The Morgan fingerprint density at radius 2 is 2.18 bits per heavy atom. The molecule has 0 aromatic rings. The van der Waals surface area contributed by atoms with E-state index in [4.69, 9.17) is 0 Å². The second-order valence-corrected chi connectivity index (χ2v) is 2.94. The number of aliphatic imine (C=N–C) groups is 1. The van der Waals surface area contributed by atoms with Gasteiger partial charge in [0, 0.05) is 11.9 Å². The molecule has 0 unspecified atom stereocenters. The largest absolute Gasteiger partial charge is 0.266 e. The van der Waals surface area contributed by atoms with Gasteiger partial charge in [0.25, 0.3) is 0 Å². The van der Waals surface area contributed by atoms with Crippen molar-refractivity contribution < 1.29 is 0 Å². The first-order chi connectivity index (χ1) is 5.22. The summed E-state index contributed by atoms with van der Waals surface area (Å²) in [6.07, 6.45) is 6.31. The molecule has 0 saturated heterocycles. The van der Waals surface area contributed by atoms with Crippen molar-refractivity contribution in [3.63, 3.8) is 0 Å². The summed E-state index contributed by atoms with van der Waals surface area (Å²) in [6.45, 7) is 8.52. The van der Waals surface area contributed by atoms with Gasteiger partial charge in [0.1, 0.15) is 0 Å². The number of allylic oxidation sites excluding steroid dienone is 1. The molecule has 0 rings (SSSR count). The van der Waals surface area contributed by atoms with E-state index in [-0.39, 0.29) is 0 Å². The van der Waals surface area contributed by atoms with E-state index in [9.17, 15) is 0 Å². The Balaban J connectivity index is 3.89. The van der Waals surface area contributed by atoms with E-state index in [1.54, 1.807) is 0 Å². The highest BCUT2D eigenvalue weighted by Gasteiger charge is 2.01. The predicted octanol–water partition coefficient (Wildman–Crippen LogP) is 3.42. The molecule has 1 nitrogen and oxygen atoms in total. The van der Waals surface area contributed by atoms with E-state index in [1.165, 1.54) is 18.6 Å². The second-order valence-electron chi connectivity index (χ2n) is 2.94. The summed E-state index contributed by atoms with van der Waals surface area (Å²) in [7, 11) is 0. The molecule has 0 fully saturated rings. The third-order valence-electron chi connectivity index (χ3n) is 1.86. The highest BCUT2D eigenvalue weighted by molar-refractivity contribution is 5.84. The average Bonchev–Trinajstić information content (AvgIpc) is 2.00. The zero-order valence-electron chi connectivity index (χ0n) is 8.09. The Hall–Kier alpha value is -0.590. The van der Waals surface area contributed by atoms with Gasteiger partial charge in [0.15, 0.2) is 0 Å². The molecule has 0 spiro atoms. The van der Waals surface area contributed by atoms with Crippen molar-refractivity contribution in [2.45, 2.75) is 40.5 Å². The molecular formula is C10H19N. The van der Waals surface area contributed by atoms with Crippen LogP contribution in [0.5, 0.6) is 0 Å². The van der Waals surface area contributed by atoms with Crippen LogP contribution in [0.1, 0.15) is 40.5 Å². The van der Waals surface area contributed by atoms with Gasteiger partial charge in [0.05, 0.1) is 0 Å². The summed E-state index contributed by atoms with van der Waals surface area (Å²) in [6, 6.07) is 0. The Kier molecular flexibility index (Phi) is 5.81. The Bertz CT molecular complexity index is 145. The van der Waals surface area contributed by atoms with Crippen molar-refractivity contribution >= 4 is 5.71 Å². The lowest BCUT2D eigenvalue weighted by Crippen LogP contribution is -2.05. The van der Waals surface area contributed by atoms with Crippen molar-refractivity contribution in [3.8, 4) is 0 Å². The molecule has 11 heavy (non-hydrogen) atoms. The van der Waals surface area contributed by atoms with Crippen LogP contribution in [0.25, 0.3) is 0 Å². The van der Waals surface area contributed by atoms with Crippen molar-refractivity contribution in [1.82, 2.24) is 0 Å². The summed E-state index contributed by atoms with van der Waals surface area (Å²) in [4.78, 5) is 4.30. The van der Waals surface area contributed by atoms with Gasteiger partial charge in [-0.1, -0.05) is 26.3 Å². The SMILES string of the molecule is C/C=C\N=C(C)[C@H](C)CCC. The summed E-state index contributed by atoms with van der Waals surface area (Å²) >= 11 is 0. The molecule has 0 heterocycles. The quantitative estimate of drug-likeness (QED) is 0.549. The van der Waals surface area contributed by atoms with Crippen LogP contribution in [0.15, 0.2) is 17.3 Å². The lowest BCUT2D eigenvalue weighted by atomic mass is 10.0. The summed E-state index contributed by atoms with van der Waals surface area (Å²) in [5, 5.41) is 0. The fourth-order valence-electron chi connectivity index (χ4n) is 0.961.